The lowest BCUT2D eigenvalue weighted by Gasteiger charge is -2.36. The fraction of sp³-hybridized carbons (Fsp3) is 0.160. The van der Waals surface area contributed by atoms with E-state index in [2.05, 4.69) is 27.3 Å². The first-order valence-corrected chi connectivity index (χ1v) is 10.8. The molecule has 7 heteroatoms. The molecule has 3 aromatic rings. The van der Waals surface area contributed by atoms with Crippen molar-refractivity contribution in [2.24, 2.45) is 0 Å². The number of carbonyl (C=O) groups is 2. The topological polar surface area (TPSA) is 65.5 Å². The number of rotatable bonds is 5. The van der Waals surface area contributed by atoms with Crippen LogP contribution in [0.25, 0.3) is 6.08 Å². The summed E-state index contributed by atoms with van der Waals surface area (Å²) in [5, 5.41) is 3.04. The molecule has 2 heterocycles. The van der Waals surface area contributed by atoms with Crippen LogP contribution in [0.15, 0.2) is 84.6 Å². The number of carbonyl (C=O) groups excluding carboxylic acids is 2. The van der Waals surface area contributed by atoms with Crippen LogP contribution in [0.1, 0.15) is 5.56 Å². The van der Waals surface area contributed by atoms with E-state index >= 15 is 0 Å². The molecule has 0 aliphatic carbocycles. The summed E-state index contributed by atoms with van der Waals surface area (Å²) in [6, 6.07) is 22.6. The van der Waals surface area contributed by atoms with Crippen molar-refractivity contribution in [3.8, 4) is 0 Å². The molecule has 0 atom stereocenters. The molecule has 0 unspecified atom stereocenters. The zero-order chi connectivity index (χ0) is 22.3. The van der Waals surface area contributed by atoms with Crippen molar-refractivity contribution in [1.29, 1.82) is 0 Å². The molecule has 0 spiro atoms. The average molecular weight is 447 g/mol. The Morgan fingerprint density at radius 1 is 0.875 bits per heavy atom. The fourth-order valence-electron chi connectivity index (χ4n) is 3.58. The Labute approximate surface area is 192 Å². The van der Waals surface area contributed by atoms with Crippen molar-refractivity contribution in [1.82, 2.24) is 9.88 Å². The molecule has 6 nitrogen and oxygen atoms in total. The molecule has 1 aromatic heterocycles. The van der Waals surface area contributed by atoms with Gasteiger partial charge >= 0.3 is 0 Å². The van der Waals surface area contributed by atoms with E-state index in [1.165, 1.54) is 6.08 Å². The van der Waals surface area contributed by atoms with Crippen LogP contribution in [0.3, 0.4) is 0 Å². The van der Waals surface area contributed by atoms with Gasteiger partial charge in [-0.1, -0.05) is 54.1 Å². The Kier molecular flexibility index (Phi) is 6.82. The van der Waals surface area contributed by atoms with Gasteiger partial charge in [0.2, 0.25) is 0 Å². The fourth-order valence-corrected chi connectivity index (χ4v) is 3.76. The van der Waals surface area contributed by atoms with Gasteiger partial charge in [0.05, 0.1) is 0 Å². The lowest BCUT2D eigenvalue weighted by Crippen LogP contribution is -2.50. The van der Waals surface area contributed by atoms with Gasteiger partial charge in [-0.15, -0.1) is 0 Å². The Hall–Kier alpha value is -3.64. The van der Waals surface area contributed by atoms with E-state index in [0.29, 0.717) is 37.4 Å². The minimum absolute atomic E-state index is 0.0249. The Morgan fingerprint density at radius 3 is 2.19 bits per heavy atom. The van der Waals surface area contributed by atoms with Crippen molar-refractivity contribution in [3.05, 3.63) is 95.3 Å². The number of halogens is 1. The molecule has 1 aliphatic heterocycles. The number of anilines is 2. The summed E-state index contributed by atoms with van der Waals surface area (Å²) in [6.45, 7) is 2.42. The molecular weight excluding hydrogens is 424 g/mol. The third-order valence-corrected chi connectivity index (χ3v) is 5.60. The van der Waals surface area contributed by atoms with E-state index in [9.17, 15) is 9.59 Å². The van der Waals surface area contributed by atoms with Crippen LogP contribution in [0, 0.1) is 0 Å². The summed E-state index contributed by atoms with van der Waals surface area (Å²) in [5.74, 6) is -0.808. The molecular formula is C25H23ClN4O2. The molecule has 2 amide bonds. The summed E-state index contributed by atoms with van der Waals surface area (Å²) in [6.07, 6.45) is 3.08. The number of nitrogens with one attached hydrogen (secondary N) is 1. The molecule has 0 bridgehead atoms. The van der Waals surface area contributed by atoms with E-state index < -0.39 is 5.91 Å². The van der Waals surface area contributed by atoms with Crippen LogP contribution < -0.4 is 10.2 Å². The smallest absolute Gasteiger partial charge is 0.261 e. The maximum absolute atomic E-state index is 13.4. The first kappa shape index (κ1) is 21.6. The van der Waals surface area contributed by atoms with E-state index in [0.717, 1.165) is 5.69 Å². The van der Waals surface area contributed by atoms with Crippen molar-refractivity contribution < 1.29 is 9.59 Å². The van der Waals surface area contributed by atoms with Gasteiger partial charge in [0.1, 0.15) is 10.7 Å². The first-order valence-electron chi connectivity index (χ1n) is 10.4. The predicted octanol–water partition coefficient (Wildman–Crippen LogP) is 4.11. The molecule has 0 saturated carbocycles. The number of nitrogens with zero attached hydrogens (tertiary/aromatic N) is 3. The summed E-state index contributed by atoms with van der Waals surface area (Å²) < 4.78 is 0. The molecule has 0 radical (unpaired) electrons. The third-order valence-electron chi connectivity index (χ3n) is 5.28. The molecule has 2 aromatic carbocycles. The van der Waals surface area contributed by atoms with Crippen LogP contribution in [-0.4, -0.2) is 47.9 Å². The molecule has 32 heavy (non-hydrogen) atoms. The standard InChI is InChI=1S/C25H23ClN4O2/c26-23-19(8-7-13-27-23)18-22(24(31)28-20-9-3-1-4-10-20)25(32)30-16-14-29(15-17-30)21-11-5-2-6-12-21/h1-13,18H,14-17H2,(H,28,31). The number of hydrogen-bond donors (Lipinski definition) is 1. The molecule has 1 aliphatic rings. The van der Waals surface area contributed by atoms with Crippen LogP contribution in [0.4, 0.5) is 11.4 Å². The van der Waals surface area contributed by atoms with Crippen LogP contribution in [-0.2, 0) is 9.59 Å². The van der Waals surface area contributed by atoms with Crippen molar-refractivity contribution in [2.45, 2.75) is 0 Å². The highest BCUT2D eigenvalue weighted by Gasteiger charge is 2.27. The molecule has 1 saturated heterocycles. The summed E-state index contributed by atoms with van der Waals surface area (Å²) in [5.41, 5.74) is 2.28. The first-order chi connectivity index (χ1) is 15.6. The zero-order valence-electron chi connectivity index (χ0n) is 17.4. The second-order valence-electron chi connectivity index (χ2n) is 7.38. The second kappa shape index (κ2) is 10.1. The maximum Gasteiger partial charge on any atom is 0.261 e. The highest BCUT2D eigenvalue weighted by atomic mass is 35.5. The minimum atomic E-state index is -0.480. The summed E-state index contributed by atoms with van der Waals surface area (Å²) >= 11 is 6.19. The third kappa shape index (κ3) is 5.15. The van der Waals surface area contributed by atoms with Crippen LogP contribution in [0.2, 0.25) is 5.15 Å². The number of para-hydroxylation sites is 2. The number of piperazine rings is 1. The lowest BCUT2D eigenvalue weighted by molar-refractivity contribution is -0.129. The average Bonchev–Trinajstić information content (AvgIpc) is 2.84. The van der Waals surface area contributed by atoms with Gasteiger partial charge in [0.25, 0.3) is 11.8 Å². The zero-order valence-corrected chi connectivity index (χ0v) is 18.2. The van der Waals surface area contributed by atoms with Gasteiger partial charge in [-0.2, -0.15) is 0 Å². The lowest BCUT2D eigenvalue weighted by atomic mass is 10.1. The van der Waals surface area contributed by atoms with Gasteiger partial charge in [-0.25, -0.2) is 4.98 Å². The Morgan fingerprint density at radius 2 is 1.53 bits per heavy atom. The van der Waals surface area contributed by atoms with Crippen molar-refractivity contribution in [2.75, 3.05) is 36.4 Å². The van der Waals surface area contributed by atoms with Crippen LogP contribution in [0.5, 0.6) is 0 Å². The van der Waals surface area contributed by atoms with Crippen LogP contribution >= 0.6 is 11.6 Å². The van der Waals surface area contributed by atoms with E-state index in [1.807, 2.05) is 36.4 Å². The number of benzene rings is 2. The minimum Gasteiger partial charge on any atom is -0.368 e. The molecule has 162 valence electrons. The van der Waals surface area contributed by atoms with Gasteiger partial charge < -0.3 is 15.1 Å². The Balaban J connectivity index is 1.55. The number of aromatic nitrogens is 1. The number of amides is 2. The predicted molar refractivity (Wildman–Crippen MR) is 128 cm³/mol. The normalized spacial score (nSPS) is 14.2. The van der Waals surface area contributed by atoms with E-state index in [4.69, 9.17) is 11.6 Å². The largest absolute Gasteiger partial charge is 0.368 e. The highest BCUT2D eigenvalue weighted by Crippen LogP contribution is 2.20. The van der Waals surface area contributed by atoms with E-state index in [-0.39, 0.29) is 16.6 Å². The number of pyridine rings is 1. The Bertz CT molecular complexity index is 1110. The van der Waals surface area contributed by atoms with E-state index in [1.54, 1.807) is 35.4 Å². The highest BCUT2D eigenvalue weighted by molar-refractivity contribution is 6.32. The quantitative estimate of drug-likeness (QED) is 0.277. The summed E-state index contributed by atoms with van der Waals surface area (Å²) in [4.78, 5) is 34.5. The van der Waals surface area contributed by atoms with Gasteiger partial charge in [0.15, 0.2) is 0 Å². The molecule has 4 rings (SSSR count). The second-order valence-corrected chi connectivity index (χ2v) is 7.73. The van der Waals surface area contributed by atoms with Crippen molar-refractivity contribution in [3.63, 3.8) is 0 Å². The SMILES string of the molecule is O=C(Nc1ccccc1)C(=Cc1cccnc1Cl)C(=O)N1CCN(c2ccccc2)CC1. The molecule has 1 N–H and O–H groups in total. The maximum atomic E-state index is 13.4. The van der Waals surface area contributed by atoms with Crippen molar-refractivity contribution >= 4 is 40.9 Å². The molecule has 1 fully saturated rings. The van der Waals surface area contributed by atoms with Gasteiger partial charge in [0, 0.05) is 49.3 Å². The van der Waals surface area contributed by atoms with Gasteiger partial charge in [-0.05, 0) is 36.4 Å². The summed E-state index contributed by atoms with van der Waals surface area (Å²) in [7, 11) is 0. The monoisotopic (exact) mass is 446 g/mol. The number of hydrogen-bond acceptors (Lipinski definition) is 4. The van der Waals surface area contributed by atoms with Gasteiger partial charge in [-0.3, -0.25) is 9.59 Å².